The average molecular weight is 249 g/mol. The molecule has 17 heavy (non-hydrogen) atoms. The Kier molecular flexibility index (Phi) is 2.83. The summed E-state index contributed by atoms with van der Waals surface area (Å²) in [5, 5.41) is 0. The van der Waals surface area contributed by atoms with E-state index in [4.69, 9.17) is 16.6 Å². The van der Waals surface area contributed by atoms with Crippen molar-refractivity contribution in [3.8, 4) is 0 Å². The van der Waals surface area contributed by atoms with Crippen LogP contribution in [0.2, 0.25) is 0 Å². The molecule has 1 fully saturated rings. The molecule has 90 valence electrons. The highest BCUT2D eigenvalue weighted by Gasteiger charge is 2.22. The van der Waals surface area contributed by atoms with Gasteiger partial charge >= 0.3 is 0 Å². The van der Waals surface area contributed by atoms with E-state index < -0.39 is 0 Å². The molecule has 2 aromatic rings. The first-order valence-corrected chi connectivity index (χ1v) is 6.84. The minimum atomic E-state index is 0.569. The molecule has 0 radical (unpaired) electrons. The van der Waals surface area contributed by atoms with Crippen molar-refractivity contribution < 1.29 is 0 Å². The van der Waals surface area contributed by atoms with Crippen LogP contribution >= 0.6 is 11.6 Å². The van der Waals surface area contributed by atoms with Crippen LogP contribution in [0.1, 0.15) is 43.0 Å². The van der Waals surface area contributed by atoms with Crippen molar-refractivity contribution in [3.63, 3.8) is 0 Å². The number of fused-ring (bicyclic) bond motifs is 1. The van der Waals surface area contributed by atoms with E-state index >= 15 is 0 Å². The molecule has 0 bridgehead atoms. The molecule has 0 atom stereocenters. The van der Waals surface area contributed by atoms with Gasteiger partial charge in [-0.15, -0.1) is 11.6 Å². The molecule has 1 aromatic carbocycles. The van der Waals surface area contributed by atoms with Crippen molar-refractivity contribution in [2.75, 3.05) is 0 Å². The predicted octanol–water partition coefficient (Wildman–Crippen LogP) is 3.97. The molecule has 1 aliphatic carbocycles. The Morgan fingerprint density at radius 1 is 1.35 bits per heavy atom. The number of nitrogens with zero attached hydrogens (tertiary/aromatic N) is 2. The van der Waals surface area contributed by atoms with Crippen molar-refractivity contribution in [2.45, 2.75) is 37.5 Å². The minimum absolute atomic E-state index is 0.569. The summed E-state index contributed by atoms with van der Waals surface area (Å²) in [5.41, 5.74) is 3.48. The number of halogens is 1. The topological polar surface area (TPSA) is 17.8 Å². The third-order valence-corrected chi connectivity index (χ3v) is 4.16. The number of aryl methyl sites for hydroxylation is 1. The Morgan fingerprint density at radius 3 is 2.82 bits per heavy atom. The van der Waals surface area contributed by atoms with Crippen LogP contribution in [0.5, 0.6) is 0 Å². The second kappa shape index (κ2) is 4.34. The molecule has 0 amide bonds. The molecule has 0 saturated heterocycles. The maximum absolute atomic E-state index is 5.88. The number of hydrogen-bond donors (Lipinski definition) is 0. The fraction of sp³-hybridized carbons (Fsp3) is 0.500. The van der Waals surface area contributed by atoms with E-state index in [1.54, 1.807) is 0 Å². The molecule has 0 N–H and O–H groups in total. The maximum atomic E-state index is 5.88. The molecule has 1 heterocycles. The Morgan fingerprint density at radius 2 is 2.12 bits per heavy atom. The lowest BCUT2D eigenvalue weighted by atomic mass is 10.1. The van der Waals surface area contributed by atoms with Gasteiger partial charge in [-0.1, -0.05) is 18.9 Å². The van der Waals surface area contributed by atoms with Gasteiger partial charge in [-0.05, 0) is 30.5 Å². The monoisotopic (exact) mass is 248 g/mol. The van der Waals surface area contributed by atoms with E-state index in [1.165, 1.54) is 42.6 Å². The largest absolute Gasteiger partial charge is 0.331 e. The molecule has 3 heteroatoms. The Labute approximate surface area is 107 Å². The number of hydrogen-bond acceptors (Lipinski definition) is 1. The van der Waals surface area contributed by atoms with Crippen LogP contribution < -0.4 is 0 Å². The number of imidazole rings is 1. The third kappa shape index (κ3) is 1.85. The van der Waals surface area contributed by atoms with Crippen LogP contribution in [0, 0.1) is 0 Å². The Balaban J connectivity index is 2.11. The van der Waals surface area contributed by atoms with E-state index in [-0.39, 0.29) is 0 Å². The Bertz CT molecular complexity index is 538. The van der Waals surface area contributed by atoms with Crippen molar-refractivity contribution in [1.29, 1.82) is 0 Å². The molecule has 1 saturated carbocycles. The van der Waals surface area contributed by atoms with E-state index in [0.29, 0.717) is 11.8 Å². The van der Waals surface area contributed by atoms with Crippen molar-refractivity contribution in [2.24, 2.45) is 7.05 Å². The van der Waals surface area contributed by atoms with Gasteiger partial charge in [-0.2, -0.15) is 0 Å². The zero-order valence-corrected chi connectivity index (χ0v) is 10.9. The predicted molar refractivity (Wildman–Crippen MR) is 71.5 cm³/mol. The van der Waals surface area contributed by atoms with Crippen LogP contribution in [0.25, 0.3) is 11.0 Å². The lowest BCUT2D eigenvalue weighted by Gasteiger charge is -2.08. The first kappa shape index (κ1) is 11.1. The minimum Gasteiger partial charge on any atom is -0.331 e. The highest BCUT2D eigenvalue weighted by Crippen LogP contribution is 2.34. The summed E-state index contributed by atoms with van der Waals surface area (Å²) in [5.74, 6) is 2.48. The smallest absolute Gasteiger partial charge is 0.112 e. The van der Waals surface area contributed by atoms with Crippen molar-refractivity contribution >= 4 is 22.6 Å². The highest BCUT2D eigenvalue weighted by atomic mass is 35.5. The first-order chi connectivity index (χ1) is 8.29. The molecule has 0 spiro atoms. The van der Waals surface area contributed by atoms with Gasteiger partial charge in [0.2, 0.25) is 0 Å². The summed E-state index contributed by atoms with van der Waals surface area (Å²) in [6.45, 7) is 0. The summed E-state index contributed by atoms with van der Waals surface area (Å²) in [6, 6.07) is 6.32. The van der Waals surface area contributed by atoms with Crippen molar-refractivity contribution in [3.05, 3.63) is 29.6 Å². The normalized spacial score (nSPS) is 17.1. The molecule has 0 aliphatic heterocycles. The fourth-order valence-electron chi connectivity index (χ4n) is 2.89. The molecular weight excluding hydrogens is 232 g/mol. The van der Waals surface area contributed by atoms with Gasteiger partial charge in [-0.3, -0.25) is 0 Å². The second-order valence-electron chi connectivity index (χ2n) is 4.97. The summed E-state index contributed by atoms with van der Waals surface area (Å²) in [7, 11) is 2.13. The molecule has 0 unspecified atom stereocenters. The summed E-state index contributed by atoms with van der Waals surface area (Å²) in [6.07, 6.45) is 5.28. The number of rotatable bonds is 2. The summed E-state index contributed by atoms with van der Waals surface area (Å²) < 4.78 is 2.25. The zero-order valence-electron chi connectivity index (χ0n) is 10.1. The van der Waals surface area contributed by atoms with E-state index in [2.05, 4.69) is 29.8 Å². The van der Waals surface area contributed by atoms with Gasteiger partial charge in [0.1, 0.15) is 5.82 Å². The zero-order chi connectivity index (χ0) is 11.8. The number of aromatic nitrogens is 2. The van der Waals surface area contributed by atoms with Crippen LogP contribution in [-0.2, 0) is 12.9 Å². The SMILES string of the molecule is Cn1c(C2CCCC2)nc2ccc(CCl)cc21. The standard InChI is InChI=1S/C14H17ClN2/c1-17-13-8-10(9-15)6-7-12(13)16-14(17)11-4-2-3-5-11/h6-8,11H,2-5,9H2,1H3. The summed E-state index contributed by atoms with van der Waals surface area (Å²) >= 11 is 5.88. The molecule has 2 nitrogen and oxygen atoms in total. The van der Waals surface area contributed by atoms with Gasteiger partial charge in [-0.25, -0.2) is 4.98 Å². The third-order valence-electron chi connectivity index (χ3n) is 3.85. The number of alkyl halides is 1. The summed E-state index contributed by atoms with van der Waals surface area (Å²) in [4.78, 5) is 4.79. The van der Waals surface area contributed by atoms with Gasteiger partial charge in [0, 0.05) is 18.8 Å². The van der Waals surface area contributed by atoms with Gasteiger partial charge in [0.05, 0.1) is 11.0 Å². The number of benzene rings is 1. The van der Waals surface area contributed by atoms with Crippen LogP contribution in [-0.4, -0.2) is 9.55 Å². The molecule has 1 aliphatic rings. The van der Waals surface area contributed by atoms with Gasteiger partial charge in [0.15, 0.2) is 0 Å². The van der Waals surface area contributed by atoms with E-state index in [1.807, 2.05) is 0 Å². The second-order valence-corrected chi connectivity index (χ2v) is 5.23. The lowest BCUT2D eigenvalue weighted by Crippen LogP contribution is -2.02. The van der Waals surface area contributed by atoms with E-state index in [0.717, 1.165) is 5.52 Å². The lowest BCUT2D eigenvalue weighted by molar-refractivity contribution is 0.639. The average Bonchev–Trinajstić information content (AvgIpc) is 2.97. The van der Waals surface area contributed by atoms with Gasteiger partial charge in [0.25, 0.3) is 0 Å². The van der Waals surface area contributed by atoms with Gasteiger partial charge < -0.3 is 4.57 Å². The van der Waals surface area contributed by atoms with Crippen LogP contribution in [0.15, 0.2) is 18.2 Å². The maximum Gasteiger partial charge on any atom is 0.112 e. The Hall–Kier alpha value is -1.02. The fourth-order valence-corrected chi connectivity index (χ4v) is 3.05. The highest BCUT2D eigenvalue weighted by molar-refractivity contribution is 6.17. The van der Waals surface area contributed by atoms with Crippen LogP contribution in [0.3, 0.4) is 0 Å². The van der Waals surface area contributed by atoms with Crippen LogP contribution in [0.4, 0.5) is 0 Å². The molecule has 1 aromatic heterocycles. The van der Waals surface area contributed by atoms with Crippen molar-refractivity contribution in [1.82, 2.24) is 9.55 Å². The quantitative estimate of drug-likeness (QED) is 0.736. The molecular formula is C14H17ClN2. The molecule has 3 rings (SSSR count). The van der Waals surface area contributed by atoms with E-state index in [9.17, 15) is 0 Å². The first-order valence-electron chi connectivity index (χ1n) is 6.31.